The van der Waals surface area contributed by atoms with Crippen molar-refractivity contribution in [2.75, 3.05) is 52.7 Å². The zero-order valence-electron chi connectivity index (χ0n) is 10.8. The Bertz CT molecular complexity index is 210. The molecule has 0 radical (unpaired) electrons. The van der Waals surface area contributed by atoms with E-state index >= 15 is 0 Å². The van der Waals surface area contributed by atoms with Crippen LogP contribution in [0.25, 0.3) is 0 Å². The molecule has 0 aromatic carbocycles. The van der Waals surface area contributed by atoms with E-state index in [4.69, 9.17) is 36.4 Å². The van der Waals surface area contributed by atoms with Crippen LogP contribution in [0.5, 0.6) is 0 Å². The molecule has 0 aromatic rings. The topological polar surface area (TPSA) is 168 Å². The first-order valence-electron chi connectivity index (χ1n) is 5.66. The van der Waals surface area contributed by atoms with Gasteiger partial charge in [-0.05, 0) is 0 Å². The maximum absolute atomic E-state index is 10.2. The lowest BCUT2D eigenvalue weighted by atomic mass is 10.1. The Morgan fingerprint density at radius 1 is 0.947 bits per heavy atom. The van der Waals surface area contributed by atoms with E-state index in [0.717, 1.165) is 0 Å². The average molecular weight is 284 g/mol. The number of aliphatic hydroxyl groups excluding tert-OH is 5. The third kappa shape index (κ3) is 12.0. The van der Waals surface area contributed by atoms with Crippen LogP contribution in [0.1, 0.15) is 0 Å². The van der Waals surface area contributed by atoms with Gasteiger partial charge in [0.25, 0.3) is 0 Å². The van der Waals surface area contributed by atoms with Gasteiger partial charge in [0.1, 0.15) is 0 Å². The van der Waals surface area contributed by atoms with Crippen LogP contribution in [0.4, 0.5) is 0 Å². The monoisotopic (exact) mass is 284 g/mol. The van der Waals surface area contributed by atoms with E-state index in [2.05, 4.69) is 0 Å². The summed E-state index contributed by atoms with van der Waals surface area (Å²) in [6.45, 7) is -0.957. The molecule has 0 fully saturated rings. The van der Waals surface area contributed by atoms with Crippen LogP contribution in [-0.4, -0.2) is 99.7 Å². The van der Waals surface area contributed by atoms with Gasteiger partial charge in [0.15, 0.2) is 0 Å². The second kappa shape index (κ2) is 12.2. The van der Waals surface area contributed by atoms with Gasteiger partial charge in [-0.1, -0.05) is 0 Å². The number of nitrogens with two attached hydrogens (primary N) is 1. The van der Waals surface area contributed by atoms with Gasteiger partial charge >= 0.3 is 5.97 Å². The van der Waals surface area contributed by atoms with Crippen LogP contribution in [0.3, 0.4) is 0 Å². The molecule has 0 bridgehead atoms. The van der Waals surface area contributed by atoms with Gasteiger partial charge < -0.3 is 36.4 Å². The summed E-state index contributed by atoms with van der Waals surface area (Å²) in [5, 5.41) is 50.3. The average Bonchev–Trinajstić information content (AvgIpc) is 2.38. The summed E-state index contributed by atoms with van der Waals surface area (Å²) in [5.41, 5.74) is 3.94. The molecule has 0 atom stereocenters. The number of aliphatic hydroxyl groups is 5. The Labute approximate surface area is 111 Å². The first-order chi connectivity index (χ1) is 8.88. The Balaban J connectivity index is 0. The molecule has 8 N–H and O–H groups in total. The Morgan fingerprint density at radius 3 is 1.47 bits per heavy atom. The number of carbonyl (C=O) groups is 1. The number of rotatable bonds is 9. The van der Waals surface area contributed by atoms with E-state index in [1.54, 1.807) is 0 Å². The molecule has 0 saturated heterocycles. The molecule has 0 heterocycles. The van der Waals surface area contributed by atoms with Crippen LogP contribution in [-0.2, 0) is 4.79 Å². The molecule has 0 aliphatic rings. The third-order valence-corrected chi connectivity index (χ3v) is 2.14. The lowest BCUT2D eigenvalue weighted by molar-refractivity contribution is -0.138. The van der Waals surface area contributed by atoms with Gasteiger partial charge in [-0.3, -0.25) is 9.69 Å². The minimum absolute atomic E-state index is 0.0900. The van der Waals surface area contributed by atoms with Crippen LogP contribution in [0.2, 0.25) is 0 Å². The van der Waals surface area contributed by atoms with Crippen LogP contribution < -0.4 is 5.73 Å². The highest BCUT2D eigenvalue weighted by Gasteiger charge is 2.20. The number of carboxylic acid groups (broad SMARTS) is 1. The van der Waals surface area contributed by atoms with Gasteiger partial charge in [-0.2, -0.15) is 0 Å². The smallest absolute Gasteiger partial charge is 0.317 e. The SMILES string of the molecule is NC(CO)(CO)CO.O=C(O)CN(CCO)CCO. The van der Waals surface area contributed by atoms with Gasteiger partial charge in [-0.25, -0.2) is 0 Å². The largest absolute Gasteiger partial charge is 0.480 e. The Hall–Kier alpha value is -0.810. The number of aliphatic carboxylic acids is 1. The summed E-state index contributed by atoms with van der Waals surface area (Å²) in [4.78, 5) is 11.6. The molecule has 0 spiro atoms. The predicted molar refractivity (Wildman–Crippen MR) is 66.4 cm³/mol. The van der Waals surface area contributed by atoms with Crippen LogP contribution >= 0.6 is 0 Å². The van der Waals surface area contributed by atoms with Gasteiger partial charge in [0.05, 0.1) is 45.1 Å². The minimum Gasteiger partial charge on any atom is -0.480 e. The minimum atomic E-state index is -1.21. The maximum Gasteiger partial charge on any atom is 0.317 e. The van der Waals surface area contributed by atoms with Crippen LogP contribution in [0, 0.1) is 0 Å². The van der Waals surface area contributed by atoms with E-state index in [1.165, 1.54) is 4.90 Å². The van der Waals surface area contributed by atoms with Crippen molar-refractivity contribution in [2.45, 2.75) is 5.54 Å². The molecule has 19 heavy (non-hydrogen) atoms. The number of nitrogens with zero attached hydrogens (tertiary/aromatic N) is 1. The number of hydrogen-bond acceptors (Lipinski definition) is 8. The molecule has 0 aliphatic carbocycles. The summed E-state index contributed by atoms with van der Waals surface area (Å²) >= 11 is 0. The molecule has 116 valence electrons. The van der Waals surface area contributed by atoms with Crippen molar-refractivity contribution in [1.82, 2.24) is 4.90 Å². The van der Waals surface area contributed by atoms with E-state index in [0.29, 0.717) is 0 Å². The van der Waals surface area contributed by atoms with Gasteiger partial charge in [0.2, 0.25) is 0 Å². The number of carboxylic acids is 1. The summed E-state index contributed by atoms with van der Waals surface area (Å²) in [6, 6.07) is 0. The molecule has 9 heteroatoms. The quantitative estimate of drug-likeness (QED) is 0.223. The number of hydrogen-bond donors (Lipinski definition) is 7. The molecule has 9 nitrogen and oxygen atoms in total. The fourth-order valence-electron chi connectivity index (χ4n) is 0.894. The second-order valence-electron chi connectivity index (χ2n) is 3.95. The summed E-state index contributed by atoms with van der Waals surface area (Å²) in [6.07, 6.45) is 0. The molecule has 0 amide bonds. The van der Waals surface area contributed by atoms with Crippen molar-refractivity contribution in [3.63, 3.8) is 0 Å². The zero-order chi connectivity index (χ0) is 15.3. The molecule has 0 aliphatic heterocycles. The standard InChI is InChI=1S/C6H13NO4.C4H11NO3/c8-3-1-7(2-4-9)5-6(10)11;5-4(1-6,2-7)3-8/h8-9H,1-5H2,(H,10,11);6-8H,1-3,5H2. The van der Waals surface area contributed by atoms with Crippen molar-refractivity contribution in [1.29, 1.82) is 0 Å². The summed E-state index contributed by atoms with van der Waals surface area (Å²) in [7, 11) is 0. The van der Waals surface area contributed by atoms with E-state index in [1.807, 2.05) is 0 Å². The molecule has 0 rings (SSSR count). The highest BCUT2D eigenvalue weighted by molar-refractivity contribution is 5.69. The maximum atomic E-state index is 10.2. The molecule has 0 saturated carbocycles. The predicted octanol–water partition coefficient (Wildman–Crippen LogP) is -3.98. The zero-order valence-corrected chi connectivity index (χ0v) is 10.8. The first kappa shape index (κ1) is 20.5. The van der Waals surface area contributed by atoms with Gasteiger partial charge in [0, 0.05) is 13.1 Å². The highest BCUT2D eigenvalue weighted by atomic mass is 16.4. The lowest BCUT2D eigenvalue weighted by Gasteiger charge is -2.20. The molecule has 0 aromatic heterocycles. The van der Waals surface area contributed by atoms with Gasteiger partial charge in [-0.15, -0.1) is 0 Å². The van der Waals surface area contributed by atoms with Crippen molar-refractivity contribution in [3.05, 3.63) is 0 Å². The molecular formula is C10H24N2O7. The Morgan fingerprint density at radius 2 is 1.32 bits per heavy atom. The fourth-order valence-corrected chi connectivity index (χ4v) is 0.894. The van der Waals surface area contributed by atoms with Crippen molar-refractivity contribution in [2.24, 2.45) is 5.73 Å². The van der Waals surface area contributed by atoms with Crippen molar-refractivity contribution >= 4 is 5.97 Å². The highest BCUT2D eigenvalue weighted by Crippen LogP contribution is 1.93. The third-order valence-electron chi connectivity index (χ3n) is 2.14. The Kier molecular flexibility index (Phi) is 13.2. The fraction of sp³-hybridized carbons (Fsp3) is 0.900. The van der Waals surface area contributed by atoms with E-state index < -0.39 is 31.3 Å². The molecule has 0 unspecified atom stereocenters. The van der Waals surface area contributed by atoms with E-state index in [9.17, 15) is 4.79 Å². The van der Waals surface area contributed by atoms with Crippen molar-refractivity contribution < 1.29 is 35.4 Å². The normalized spacial score (nSPS) is 11.1. The second-order valence-corrected chi connectivity index (χ2v) is 3.95. The van der Waals surface area contributed by atoms with E-state index in [-0.39, 0.29) is 32.8 Å². The summed E-state index contributed by atoms with van der Waals surface area (Å²) in [5.74, 6) is -0.952. The first-order valence-corrected chi connectivity index (χ1v) is 5.66. The molecular weight excluding hydrogens is 260 g/mol. The van der Waals surface area contributed by atoms with Crippen LogP contribution in [0.15, 0.2) is 0 Å². The van der Waals surface area contributed by atoms with Crippen molar-refractivity contribution in [3.8, 4) is 0 Å². The lowest BCUT2D eigenvalue weighted by Crippen LogP contribution is -2.50. The summed E-state index contributed by atoms with van der Waals surface area (Å²) < 4.78 is 0.